The summed E-state index contributed by atoms with van der Waals surface area (Å²) in [5.74, 6) is -0.110. The van der Waals surface area contributed by atoms with Gasteiger partial charge in [-0.25, -0.2) is 0 Å². The van der Waals surface area contributed by atoms with Crippen LogP contribution in [0.5, 0.6) is 0 Å². The van der Waals surface area contributed by atoms with Crippen molar-refractivity contribution in [2.45, 2.75) is 57.9 Å². The number of anilines is 1. The molecule has 1 fully saturated rings. The summed E-state index contributed by atoms with van der Waals surface area (Å²) in [6.07, 6.45) is 7.93. The van der Waals surface area contributed by atoms with Gasteiger partial charge in [-0.1, -0.05) is 31.4 Å². The summed E-state index contributed by atoms with van der Waals surface area (Å²) in [5.41, 5.74) is 2.48. The van der Waals surface area contributed by atoms with Crippen molar-refractivity contribution in [1.82, 2.24) is 0 Å². The van der Waals surface area contributed by atoms with Crippen molar-refractivity contribution in [2.24, 2.45) is 0 Å². The van der Waals surface area contributed by atoms with Gasteiger partial charge in [-0.05, 0) is 43.9 Å². The lowest BCUT2D eigenvalue weighted by atomic mass is 9.94. The molecular formula is C18H27NO2. The van der Waals surface area contributed by atoms with E-state index in [1.807, 2.05) is 6.92 Å². The van der Waals surface area contributed by atoms with E-state index >= 15 is 0 Å². The number of hydrogen-bond donors (Lipinski definition) is 0. The van der Waals surface area contributed by atoms with E-state index in [9.17, 15) is 4.79 Å². The average molecular weight is 289 g/mol. The van der Waals surface area contributed by atoms with E-state index < -0.39 is 0 Å². The Balaban J connectivity index is 1.87. The second-order valence-electron chi connectivity index (χ2n) is 5.87. The number of carbonyl (C=O) groups is 1. The Morgan fingerprint density at radius 2 is 1.86 bits per heavy atom. The summed E-state index contributed by atoms with van der Waals surface area (Å²) in [5, 5.41) is 0. The molecule has 3 heteroatoms. The molecule has 1 saturated carbocycles. The molecule has 0 radical (unpaired) electrons. The van der Waals surface area contributed by atoms with Crippen molar-refractivity contribution in [3.05, 3.63) is 29.8 Å². The van der Waals surface area contributed by atoms with Crippen LogP contribution in [-0.4, -0.2) is 25.7 Å². The first kappa shape index (κ1) is 15.9. The van der Waals surface area contributed by atoms with E-state index in [0.717, 1.165) is 6.42 Å². The van der Waals surface area contributed by atoms with Crippen LogP contribution in [0.15, 0.2) is 24.3 Å². The molecule has 1 aromatic carbocycles. The first-order valence-corrected chi connectivity index (χ1v) is 8.18. The Kier molecular flexibility index (Phi) is 6.09. The average Bonchev–Trinajstić information content (AvgIpc) is 2.54. The fourth-order valence-corrected chi connectivity index (χ4v) is 3.06. The highest BCUT2D eigenvalue weighted by Crippen LogP contribution is 2.26. The van der Waals surface area contributed by atoms with E-state index in [-0.39, 0.29) is 5.97 Å². The normalized spacial score (nSPS) is 15.7. The largest absolute Gasteiger partial charge is 0.466 e. The molecule has 0 bridgehead atoms. The van der Waals surface area contributed by atoms with Gasteiger partial charge in [0.2, 0.25) is 0 Å². The van der Waals surface area contributed by atoms with Crippen molar-refractivity contribution < 1.29 is 9.53 Å². The number of hydrogen-bond acceptors (Lipinski definition) is 3. The molecule has 116 valence electrons. The standard InChI is InChI=1S/C18H27NO2/c1-3-21-18(20)14-11-15-9-12-17(13-10-15)19(2)16-7-5-4-6-8-16/h9-10,12-13,16H,3-8,11,14H2,1-2H3. The summed E-state index contributed by atoms with van der Waals surface area (Å²) in [4.78, 5) is 13.8. The molecule has 0 atom stereocenters. The third-order valence-electron chi connectivity index (χ3n) is 4.39. The smallest absolute Gasteiger partial charge is 0.306 e. The van der Waals surface area contributed by atoms with E-state index in [4.69, 9.17) is 4.74 Å². The van der Waals surface area contributed by atoms with Crippen molar-refractivity contribution in [3.8, 4) is 0 Å². The third-order valence-corrected chi connectivity index (χ3v) is 4.39. The number of rotatable bonds is 6. The highest BCUT2D eigenvalue weighted by Gasteiger charge is 2.18. The van der Waals surface area contributed by atoms with E-state index in [1.54, 1.807) is 0 Å². The molecule has 0 aromatic heterocycles. The van der Waals surface area contributed by atoms with Crippen LogP contribution in [0.2, 0.25) is 0 Å². The van der Waals surface area contributed by atoms with E-state index in [2.05, 4.69) is 36.2 Å². The molecule has 21 heavy (non-hydrogen) atoms. The molecule has 2 rings (SSSR count). The van der Waals surface area contributed by atoms with Crippen molar-refractivity contribution in [1.29, 1.82) is 0 Å². The van der Waals surface area contributed by atoms with Crippen LogP contribution < -0.4 is 4.90 Å². The lowest BCUT2D eigenvalue weighted by molar-refractivity contribution is -0.143. The number of benzene rings is 1. The van der Waals surface area contributed by atoms with E-state index in [0.29, 0.717) is 19.1 Å². The van der Waals surface area contributed by atoms with Crippen molar-refractivity contribution in [3.63, 3.8) is 0 Å². The molecule has 1 aromatic rings. The first-order chi connectivity index (χ1) is 10.2. The number of nitrogens with zero attached hydrogens (tertiary/aromatic N) is 1. The summed E-state index contributed by atoms with van der Waals surface area (Å²) < 4.78 is 4.96. The lowest BCUT2D eigenvalue weighted by Gasteiger charge is -2.33. The first-order valence-electron chi connectivity index (χ1n) is 8.18. The molecule has 0 spiro atoms. The Morgan fingerprint density at radius 3 is 2.48 bits per heavy atom. The van der Waals surface area contributed by atoms with Crippen LogP contribution in [0.4, 0.5) is 5.69 Å². The zero-order chi connectivity index (χ0) is 15.1. The maximum Gasteiger partial charge on any atom is 0.306 e. The third kappa shape index (κ3) is 4.76. The van der Waals surface area contributed by atoms with Gasteiger partial charge in [0.25, 0.3) is 0 Å². The summed E-state index contributed by atoms with van der Waals surface area (Å²) in [6, 6.07) is 9.30. The molecule has 0 aliphatic heterocycles. The van der Waals surface area contributed by atoms with Crippen LogP contribution in [0, 0.1) is 0 Å². The fourth-order valence-electron chi connectivity index (χ4n) is 3.06. The molecule has 0 saturated heterocycles. The van der Waals surface area contributed by atoms with Gasteiger partial charge in [0.1, 0.15) is 0 Å². The molecular weight excluding hydrogens is 262 g/mol. The van der Waals surface area contributed by atoms with Gasteiger partial charge >= 0.3 is 5.97 Å². The molecule has 1 aliphatic carbocycles. The van der Waals surface area contributed by atoms with Crippen molar-refractivity contribution in [2.75, 3.05) is 18.6 Å². The zero-order valence-electron chi connectivity index (χ0n) is 13.3. The lowest BCUT2D eigenvalue weighted by Crippen LogP contribution is -2.33. The second-order valence-corrected chi connectivity index (χ2v) is 5.87. The van der Waals surface area contributed by atoms with E-state index in [1.165, 1.54) is 43.4 Å². The summed E-state index contributed by atoms with van der Waals surface area (Å²) in [6.45, 7) is 2.30. The van der Waals surface area contributed by atoms with Crippen LogP contribution in [0.3, 0.4) is 0 Å². The van der Waals surface area contributed by atoms with Gasteiger partial charge in [-0.2, -0.15) is 0 Å². The number of aryl methyl sites for hydroxylation is 1. The SMILES string of the molecule is CCOC(=O)CCc1ccc(N(C)C2CCCCC2)cc1. The van der Waals surface area contributed by atoms with Gasteiger partial charge in [-0.15, -0.1) is 0 Å². The number of ether oxygens (including phenoxy) is 1. The molecule has 0 heterocycles. The quantitative estimate of drug-likeness (QED) is 0.743. The van der Waals surface area contributed by atoms with Crippen LogP contribution in [0.1, 0.15) is 51.0 Å². The molecule has 0 N–H and O–H groups in total. The van der Waals surface area contributed by atoms with Gasteiger partial charge in [0, 0.05) is 25.2 Å². The van der Waals surface area contributed by atoms with Gasteiger partial charge in [-0.3, -0.25) is 4.79 Å². The highest BCUT2D eigenvalue weighted by atomic mass is 16.5. The Bertz CT molecular complexity index is 435. The van der Waals surface area contributed by atoms with Gasteiger partial charge in [0.05, 0.1) is 6.61 Å². The minimum absolute atomic E-state index is 0.110. The molecule has 3 nitrogen and oxygen atoms in total. The maximum atomic E-state index is 11.4. The predicted octanol–water partition coefficient (Wildman–Crippen LogP) is 3.95. The highest BCUT2D eigenvalue weighted by molar-refractivity contribution is 5.69. The zero-order valence-corrected chi connectivity index (χ0v) is 13.3. The van der Waals surface area contributed by atoms with Crippen LogP contribution in [0.25, 0.3) is 0 Å². The predicted molar refractivity (Wildman–Crippen MR) is 86.7 cm³/mol. The van der Waals surface area contributed by atoms with Gasteiger partial charge in [0.15, 0.2) is 0 Å². The number of esters is 1. The summed E-state index contributed by atoms with van der Waals surface area (Å²) >= 11 is 0. The Morgan fingerprint density at radius 1 is 1.19 bits per heavy atom. The monoisotopic (exact) mass is 289 g/mol. The van der Waals surface area contributed by atoms with Crippen LogP contribution in [-0.2, 0) is 16.0 Å². The Hall–Kier alpha value is -1.51. The number of carbonyl (C=O) groups excluding carboxylic acids is 1. The minimum atomic E-state index is -0.110. The van der Waals surface area contributed by atoms with Crippen molar-refractivity contribution >= 4 is 11.7 Å². The maximum absolute atomic E-state index is 11.4. The summed E-state index contributed by atoms with van der Waals surface area (Å²) in [7, 11) is 2.20. The minimum Gasteiger partial charge on any atom is -0.466 e. The molecule has 0 unspecified atom stereocenters. The fraction of sp³-hybridized carbons (Fsp3) is 0.611. The van der Waals surface area contributed by atoms with Crippen LogP contribution >= 0.6 is 0 Å². The van der Waals surface area contributed by atoms with Gasteiger partial charge < -0.3 is 9.64 Å². The topological polar surface area (TPSA) is 29.5 Å². The molecule has 1 aliphatic rings. The second kappa shape index (κ2) is 8.06. The molecule has 0 amide bonds. The Labute approximate surface area is 128 Å².